The Bertz CT molecular complexity index is 1330. The molecule has 0 atom stereocenters. The molecule has 0 unspecified atom stereocenters. The molecule has 0 aliphatic rings. The van der Waals surface area contributed by atoms with Crippen LogP contribution in [-0.4, -0.2) is 16.2 Å². The maximum atomic E-state index is 13.2. The van der Waals surface area contributed by atoms with Crippen molar-refractivity contribution < 1.29 is 14.3 Å². The zero-order valence-corrected chi connectivity index (χ0v) is 18.8. The van der Waals surface area contributed by atoms with Crippen molar-refractivity contribution in [2.75, 3.05) is 0 Å². The highest BCUT2D eigenvalue weighted by atomic mass is 16.5. The van der Waals surface area contributed by atoms with Gasteiger partial charge >= 0.3 is 5.97 Å². The second-order valence-corrected chi connectivity index (χ2v) is 7.87. The first kappa shape index (κ1) is 22.0. The molecule has 0 amide bonds. The van der Waals surface area contributed by atoms with Crippen LogP contribution in [0.25, 0.3) is 11.3 Å². The predicted octanol–water partition coefficient (Wildman–Crippen LogP) is 6.67. The summed E-state index contributed by atoms with van der Waals surface area (Å²) in [7, 11) is 0. The number of aromatic nitrogens is 2. The summed E-state index contributed by atoms with van der Waals surface area (Å²) in [6, 6.07) is 39.7. The van der Waals surface area contributed by atoms with Gasteiger partial charge in [-0.15, -0.1) is 10.2 Å². The molecule has 0 saturated carbocycles. The van der Waals surface area contributed by atoms with E-state index in [1.54, 1.807) is 12.1 Å². The van der Waals surface area contributed by atoms with Gasteiger partial charge in [0.15, 0.2) is 0 Å². The summed E-state index contributed by atoms with van der Waals surface area (Å²) >= 11 is 0. The Morgan fingerprint density at radius 2 is 1.11 bits per heavy atom. The average Bonchev–Trinajstić information content (AvgIpc) is 2.92. The molecule has 0 radical (unpaired) electrons. The SMILES string of the molecule is O=C(Oc1ccc(-c2ccc(Oc3ccccc3)cc2)nn1)C(c1ccccc1)c1ccccc1. The van der Waals surface area contributed by atoms with Crippen LogP contribution in [0.5, 0.6) is 17.4 Å². The van der Waals surface area contributed by atoms with Gasteiger partial charge < -0.3 is 9.47 Å². The predicted molar refractivity (Wildman–Crippen MR) is 134 cm³/mol. The van der Waals surface area contributed by atoms with E-state index in [1.807, 2.05) is 115 Å². The number of nitrogens with zero attached hydrogens (tertiary/aromatic N) is 2. The van der Waals surface area contributed by atoms with Gasteiger partial charge in [0.25, 0.3) is 0 Å². The van der Waals surface area contributed by atoms with Gasteiger partial charge in [0.1, 0.15) is 17.4 Å². The lowest BCUT2D eigenvalue weighted by molar-refractivity contribution is -0.135. The third-order valence-corrected chi connectivity index (χ3v) is 5.48. The van der Waals surface area contributed by atoms with Crippen LogP contribution in [0.2, 0.25) is 0 Å². The van der Waals surface area contributed by atoms with Crippen LogP contribution in [-0.2, 0) is 4.79 Å². The van der Waals surface area contributed by atoms with Crippen molar-refractivity contribution in [3.63, 3.8) is 0 Å². The van der Waals surface area contributed by atoms with Crippen molar-refractivity contribution in [1.29, 1.82) is 0 Å². The molecule has 5 nitrogen and oxygen atoms in total. The molecule has 1 heterocycles. The van der Waals surface area contributed by atoms with Crippen molar-refractivity contribution in [3.8, 4) is 28.6 Å². The van der Waals surface area contributed by atoms with Crippen molar-refractivity contribution in [2.45, 2.75) is 5.92 Å². The second kappa shape index (κ2) is 10.4. The molecular formula is C30H22N2O3. The second-order valence-electron chi connectivity index (χ2n) is 7.87. The molecule has 1 aromatic heterocycles. The minimum absolute atomic E-state index is 0.152. The number of carbonyl (C=O) groups is 1. The van der Waals surface area contributed by atoms with Crippen molar-refractivity contribution in [3.05, 3.63) is 139 Å². The monoisotopic (exact) mass is 458 g/mol. The zero-order valence-electron chi connectivity index (χ0n) is 18.8. The highest BCUT2D eigenvalue weighted by Gasteiger charge is 2.25. The minimum Gasteiger partial charge on any atom is -0.457 e. The largest absolute Gasteiger partial charge is 0.457 e. The average molecular weight is 459 g/mol. The van der Waals surface area contributed by atoms with E-state index in [4.69, 9.17) is 9.47 Å². The Balaban J connectivity index is 1.30. The number of ether oxygens (including phenoxy) is 2. The topological polar surface area (TPSA) is 61.3 Å². The summed E-state index contributed by atoms with van der Waals surface area (Å²) in [5, 5.41) is 8.38. The molecule has 35 heavy (non-hydrogen) atoms. The maximum absolute atomic E-state index is 13.2. The minimum atomic E-state index is -0.559. The lowest BCUT2D eigenvalue weighted by Crippen LogP contribution is -2.20. The van der Waals surface area contributed by atoms with E-state index in [2.05, 4.69) is 10.2 Å². The van der Waals surface area contributed by atoms with Gasteiger partial charge in [-0.1, -0.05) is 78.9 Å². The highest BCUT2D eigenvalue weighted by Crippen LogP contribution is 2.28. The van der Waals surface area contributed by atoms with E-state index < -0.39 is 11.9 Å². The third-order valence-electron chi connectivity index (χ3n) is 5.48. The fourth-order valence-electron chi connectivity index (χ4n) is 3.76. The van der Waals surface area contributed by atoms with Crippen molar-refractivity contribution >= 4 is 5.97 Å². The van der Waals surface area contributed by atoms with Crippen LogP contribution in [0.3, 0.4) is 0 Å². The first-order valence-electron chi connectivity index (χ1n) is 11.2. The Kier molecular flexibility index (Phi) is 6.58. The summed E-state index contributed by atoms with van der Waals surface area (Å²) in [6.07, 6.45) is 0. The number of carbonyl (C=O) groups excluding carboxylic acids is 1. The number of hydrogen-bond donors (Lipinski definition) is 0. The standard InChI is InChI=1S/C30H22N2O3/c33-30(29(23-10-4-1-5-11-23)24-12-6-2-7-13-24)35-28-21-20-27(31-32-28)22-16-18-26(19-17-22)34-25-14-8-3-9-15-25/h1-21,29H. The number of rotatable bonds is 7. The van der Waals surface area contributed by atoms with Crippen molar-refractivity contribution in [1.82, 2.24) is 10.2 Å². The van der Waals surface area contributed by atoms with Gasteiger partial charge in [0, 0.05) is 11.6 Å². The molecule has 4 aromatic carbocycles. The maximum Gasteiger partial charge on any atom is 0.324 e. The van der Waals surface area contributed by atoms with Gasteiger partial charge in [-0.25, -0.2) is 0 Å². The van der Waals surface area contributed by atoms with E-state index in [1.165, 1.54) is 0 Å². The lowest BCUT2D eigenvalue weighted by Gasteiger charge is -2.16. The van der Waals surface area contributed by atoms with E-state index in [0.29, 0.717) is 5.69 Å². The van der Waals surface area contributed by atoms with Gasteiger partial charge in [-0.3, -0.25) is 4.79 Å². The van der Waals surface area contributed by atoms with Crippen molar-refractivity contribution in [2.24, 2.45) is 0 Å². The summed E-state index contributed by atoms with van der Waals surface area (Å²) in [5.41, 5.74) is 3.25. The molecule has 0 aliphatic heterocycles. The molecule has 5 aromatic rings. The van der Waals surface area contributed by atoms with E-state index in [0.717, 1.165) is 28.2 Å². The number of para-hydroxylation sites is 1. The molecule has 5 rings (SSSR count). The fraction of sp³-hybridized carbons (Fsp3) is 0.0333. The first-order chi connectivity index (χ1) is 17.3. The van der Waals surface area contributed by atoms with Gasteiger partial charge in [-0.2, -0.15) is 0 Å². The molecule has 0 spiro atoms. The lowest BCUT2D eigenvalue weighted by atomic mass is 9.91. The third kappa shape index (κ3) is 5.42. The normalized spacial score (nSPS) is 10.7. The Morgan fingerprint density at radius 1 is 0.571 bits per heavy atom. The van der Waals surface area contributed by atoms with Crippen LogP contribution in [0.4, 0.5) is 0 Å². The van der Waals surface area contributed by atoms with Gasteiger partial charge in [0.05, 0.1) is 5.69 Å². The molecule has 5 heteroatoms. The van der Waals surface area contributed by atoms with E-state index in [-0.39, 0.29) is 5.88 Å². The quantitative estimate of drug-likeness (QED) is 0.255. The number of benzene rings is 4. The summed E-state index contributed by atoms with van der Waals surface area (Å²) in [4.78, 5) is 13.2. The molecule has 0 N–H and O–H groups in total. The van der Waals surface area contributed by atoms with Crippen LogP contribution in [0.1, 0.15) is 17.0 Å². The Hall–Kier alpha value is -4.77. The Morgan fingerprint density at radius 3 is 1.66 bits per heavy atom. The van der Waals surface area contributed by atoms with Gasteiger partial charge in [-0.05, 0) is 53.6 Å². The van der Waals surface area contributed by atoms with Gasteiger partial charge in [0.2, 0.25) is 5.88 Å². The first-order valence-corrected chi connectivity index (χ1v) is 11.2. The molecule has 0 fully saturated rings. The molecular weight excluding hydrogens is 436 g/mol. The highest BCUT2D eigenvalue weighted by molar-refractivity contribution is 5.83. The van der Waals surface area contributed by atoms with Crippen LogP contribution in [0, 0.1) is 0 Å². The molecule has 0 aliphatic carbocycles. The van der Waals surface area contributed by atoms with Crippen LogP contribution < -0.4 is 9.47 Å². The Labute approximate surface area is 203 Å². The zero-order chi connectivity index (χ0) is 23.9. The van der Waals surface area contributed by atoms with E-state index in [9.17, 15) is 4.79 Å². The van der Waals surface area contributed by atoms with E-state index >= 15 is 0 Å². The summed E-state index contributed by atoms with van der Waals surface area (Å²) in [5.74, 6) is 0.685. The van der Waals surface area contributed by atoms with Crippen LogP contribution in [0.15, 0.2) is 127 Å². The summed E-state index contributed by atoms with van der Waals surface area (Å²) < 4.78 is 11.5. The molecule has 0 saturated heterocycles. The molecule has 0 bridgehead atoms. The smallest absolute Gasteiger partial charge is 0.324 e. The molecule has 170 valence electrons. The number of esters is 1. The number of hydrogen-bond acceptors (Lipinski definition) is 5. The summed E-state index contributed by atoms with van der Waals surface area (Å²) in [6.45, 7) is 0. The fourth-order valence-corrected chi connectivity index (χ4v) is 3.76. The van der Waals surface area contributed by atoms with Crippen LogP contribution >= 0.6 is 0 Å².